The minimum Gasteiger partial charge on any atom is -0.361 e. The summed E-state index contributed by atoms with van der Waals surface area (Å²) in [5.74, 6) is 1.17. The summed E-state index contributed by atoms with van der Waals surface area (Å²) in [6, 6.07) is 8.27. The fraction of sp³-hybridized carbons (Fsp3) is 0.188. The van der Waals surface area contributed by atoms with Gasteiger partial charge in [0.2, 0.25) is 11.7 Å². The number of nitrogens with zero attached hydrogens (tertiary/aromatic N) is 4. The van der Waals surface area contributed by atoms with Gasteiger partial charge in [-0.3, -0.25) is 0 Å². The van der Waals surface area contributed by atoms with Gasteiger partial charge in [0.1, 0.15) is 5.69 Å². The van der Waals surface area contributed by atoms with Crippen molar-refractivity contribution in [2.45, 2.75) is 12.8 Å². The number of H-pyrrole nitrogens is 1. The molecule has 1 aromatic carbocycles. The second-order valence-corrected chi connectivity index (χ2v) is 5.30. The number of hydrogen-bond acceptors (Lipinski definition) is 4. The molecule has 6 nitrogen and oxygen atoms in total. The van der Waals surface area contributed by atoms with Gasteiger partial charge in [0, 0.05) is 36.8 Å². The minimum absolute atomic E-state index is 0.537. The number of nitrogens with one attached hydrogen (secondary N) is 1. The number of fused-ring (bicyclic) bond motifs is 1. The monoisotopic (exact) mass is 293 g/mol. The zero-order valence-corrected chi connectivity index (χ0v) is 12.2. The van der Waals surface area contributed by atoms with Crippen LogP contribution in [0.25, 0.3) is 22.4 Å². The number of benzene rings is 1. The molecule has 0 unspecified atom stereocenters. The Labute approximate surface area is 126 Å². The molecule has 0 aliphatic heterocycles. The molecule has 0 radical (unpaired) electrons. The Morgan fingerprint density at radius 2 is 2.14 bits per heavy atom. The van der Waals surface area contributed by atoms with Gasteiger partial charge >= 0.3 is 0 Å². The van der Waals surface area contributed by atoms with Crippen LogP contribution in [0.5, 0.6) is 0 Å². The molecular weight excluding hydrogens is 278 g/mol. The van der Waals surface area contributed by atoms with E-state index in [-0.39, 0.29) is 0 Å². The van der Waals surface area contributed by atoms with E-state index in [1.54, 1.807) is 6.33 Å². The minimum atomic E-state index is 0.537. The molecule has 0 aliphatic rings. The molecule has 0 fully saturated rings. The third-order valence-corrected chi connectivity index (χ3v) is 3.69. The SMILES string of the molecule is Cn1cnc(-c2noc(CCc3c[nH]c4ccccc34)n2)c1. The highest BCUT2D eigenvalue weighted by molar-refractivity contribution is 5.83. The third-order valence-electron chi connectivity index (χ3n) is 3.69. The summed E-state index contributed by atoms with van der Waals surface area (Å²) in [5, 5.41) is 5.23. The van der Waals surface area contributed by atoms with E-state index in [4.69, 9.17) is 4.52 Å². The summed E-state index contributed by atoms with van der Waals surface area (Å²) in [5.41, 5.74) is 3.13. The quantitative estimate of drug-likeness (QED) is 0.628. The predicted molar refractivity (Wildman–Crippen MR) is 82.2 cm³/mol. The van der Waals surface area contributed by atoms with Gasteiger partial charge in [0.05, 0.1) is 6.33 Å². The lowest BCUT2D eigenvalue weighted by Crippen LogP contribution is -1.91. The Morgan fingerprint density at radius 1 is 1.23 bits per heavy atom. The Bertz CT molecular complexity index is 917. The Hall–Kier alpha value is -2.89. The summed E-state index contributed by atoms with van der Waals surface area (Å²) < 4.78 is 7.18. The fourth-order valence-electron chi connectivity index (χ4n) is 2.57. The van der Waals surface area contributed by atoms with E-state index < -0.39 is 0 Å². The first-order chi connectivity index (χ1) is 10.8. The van der Waals surface area contributed by atoms with Crippen molar-refractivity contribution in [3.05, 3.63) is 54.4 Å². The van der Waals surface area contributed by atoms with Crippen molar-refractivity contribution in [1.29, 1.82) is 0 Å². The number of imidazole rings is 1. The molecule has 0 bridgehead atoms. The maximum atomic E-state index is 5.32. The van der Waals surface area contributed by atoms with E-state index in [1.165, 1.54) is 10.9 Å². The van der Waals surface area contributed by atoms with Crippen LogP contribution in [0, 0.1) is 0 Å². The molecule has 0 saturated heterocycles. The first-order valence-corrected chi connectivity index (χ1v) is 7.15. The fourth-order valence-corrected chi connectivity index (χ4v) is 2.57. The van der Waals surface area contributed by atoms with Crippen LogP contribution < -0.4 is 0 Å². The van der Waals surface area contributed by atoms with E-state index in [0.717, 1.165) is 17.6 Å². The van der Waals surface area contributed by atoms with Crippen LogP contribution in [0.1, 0.15) is 11.5 Å². The molecule has 0 atom stereocenters. The summed E-state index contributed by atoms with van der Waals surface area (Å²) in [7, 11) is 1.91. The first kappa shape index (κ1) is 12.8. The van der Waals surface area contributed by atoms with Gasteiger partial charge in [-0.25, -0.2) is 4.98 Å². The van der Waals surface area contributed by atoms with E-state index in [0.29, 0.717) is 18.1 Å². The summed E-state index contributed by atoms with van der Waals surface area (Å²) in [4.78, 5) is 11.9. The highest BCUT2D eigenvalue weighted by Crippen LogP contribution is 2.20. The van der Waals surface area contributed by atoms with Crippen LogP contribution in [-0.2, 0) is 19.9 Å². The molecule has 0 amide bonds. The highest BCUT2D eigenvalue weighted by atomic mass is 16.5. The van der Waals surface area contributed by atoms with E-state index in [2.05, 4.69) is 32.2 Å². The number of aromatic nitrogens is 5. The number of aryl methyl sites for hydroxylation is 3. The molecular formula is C16H15N5O. The number of hydrogen-bond donors (Lipinski definition) is 1. The molecule has 4 rings (SSSR count). The number of aromatic amines is 1. The number of para-hydroxylation sites is 1. The highest BCUT2D eigenvalue weighted by Gasteiger charge is 2.11. The van der Waals surface area contributed by atoms with Crippen LogP contribution in [-0.4, -0.2) is 24.7 Å². The topological polar surface area (TPSA) is 72.5 Å². The third kappa shape index (κ3) is 2.28. The van der Waals surface area contributed by atoms with E-state index in [1.807, 2.05) is 36.1 Å². The van der Waals surface area contributed by atoms with Gasteiger partial charge in [-0.05, 0) is 18.1 Å². The average Bonchev–Trinajstić information content (AvgIpc) is 3.24. The van der Waals surface area contributed by atoms with Gasteiger partial charge in [-0.1, -0.05) is 23.4 Å². The van der Waals surface area contributed by atoms with Gasteiger partial charge in [-0.15, -0.1) is 0 Å². The van der Waals surface area contributed by atoms with E-state index >= 15 is 0 Å². The van der Waals surface area contributed by atoms with Crippen molar-refractivity contribution < 1.29 is 4.52 Å². The maximum absolute atomic E-state index is 5.32. The molecule has 110 valence electrons. The summed E-state index contributed by atoms with van der Waals surface area (Å²) >= 11 is 0. The first-order valence-electron chi connectivity index (χ1n) is 7.15. The summed E-state index contributed by atoms with van der Waals surface area (Å²) in [6.07, 6.45) is 7.20. The van der Waals surface area contributed by atoms with Crippen molar-refractivity contribution in [2.24, 2.45) is 7.05 Å². The van der Waals surface area contributed by atoms with Crippen LogP contribution in [0.3, 0.4) is 0 Å². The molecule has 4 aromatic rings. The van der Waals surface area contributed by atoms with E-state index in [9.17, 15) is 0 Å². The second kappa shape index (κ2) is 5.14. The second-order valence-electron chi connectivity index (χ2n) is 5.30. The predicted octanol–water partition coefficient (Wildman–Crippen LogP) is 2.74. The van der Waals surface area contributed by atoms with Crippen LogP contribution in [0.4, 0.5) is 0 Å². The molecule has 0 aliphatic carbocycles. The van der Waals surface area contributed by atoms with Crippen LogP contribution in [0.2, 0.25) is 0 Å². The lowest BCUT2D eigenvalue weighted by Gasteiger charge is -1.95. The number of rotatable bonds is 4. The maximum Gasteiger partial charge on any atom is 0.227 e. The average molecular weight is 293 g/mol. The molecule has 3 heterocycles. The molecule has 22 heavy (non-hydrogen) atoms. The van der Waals surface area contributed by atoms with Crippen LogP contribution in [0.15, 0.2) is 47.5 Å². The Kier molecular flexibility index (Phi) is 3.00. The van der Waals surface area contributed by atoms with Crippen molar-refractivity contribution in [2.75, 3.05) is 0 Å². The standard InChI is InChI=1S/C16H15N5O/c1-21-9-14(18-10-21)16-19-15(22-20-16)7-6-11-8-17-13-5-3-2-4-12(11)13/h2-5,8-10,17H,6-7H2,1H3. The zero-order chi connectivity index (χ0) is 14.9. The lowest BCUT2D eigenvalue weighted by molar-refractivity contribution is 0.379. The molecule has 1 N–H and O–H groups in total. The van der Waals surface area contributed by atoms with Gasteiger partial charge in [0.25, 0.3) is 0 Å². The van der Waals surface area contributed by atoms with Crippen LogP contribution >= 0.6 is 0 Å². The molecule has 0 saturated carbocycles. The molecule has 0 spiro atoms. The summed E-state index contributed by atoms with van der Waals surface area (Å²) in [6.45, 7) is 0. The van der Waals surface area contributed by atoms with Crippen molar-refractivity contribution in [3.8, 4) is 11.5 Å². The van der Waals surface area contributed by atoms with Crippen molar-refractivity contribution in [3.63, 3.8) is 0 Å². The molecule has 6 heteroatoms. The van der Waals surface area contributed by atoms with Gasteiger partial charge in [0.15, 0.2) is 0 Å². The largest absolute Gasteiger partial charge is 0.361 e. The smallest absolute Gasteiger partial charge is 0.227 e. The Morgan fingerprint density at radius 3 is 3.00 bits per heavy atom. The molecule has 3 aromatic heterocycles. The normalized spacial score (nSPS) is 11.3. The zero-order valence-electron chi connectivity index (χ0n) is 12.2. The van der Waals surface area contributed by atoms with Crippen molar-refractivity contribution in [1.82, 2.24) is 24.7 Å². The van der Waals surface area contributed by atoms with Gasteiger partial charge < -0.3 is 14.1 Å². The lowest BCUT2D eigenvalue weighted by atomic mass is 10.1. The Balaban J connectivity index is 1.51. The van der Waals surface area contributed by atoms with Crippen molar-refractivity contribution >= 4 is 10.9 Å². The van der Waals surface area contributed by atoms with Gasteiger partial charge in [-0.2, -0.15) is 4.98 Å².